The summed E-state index contributed by atoms with van der Waals surface area (Å²) >= 11 is 3.21. The van der Waals surface area contributed by atoms with E-state index in [4.69, 9.17) is 5.11 Å². The van der Waals surface area contributed by atoms with Crippen LogP contribution in [-0.4, -0.2) is 22.0 Å². The predicted molar refractivity (Wildman–Crippen MR) is 76.5 cm³/mol. The van der Waals surface area contributed by atoms with Gasteiger partial charge in [-0.25, -0.2) is 9.18 Å². The Labute approximate surface area is 128 Å². The van der Waals surface area contributed by atoms with Crippen molar-refractivity contribution in [2.75, 3.05) is 0 Å². The van der Waals surface area contributed by atoms with Gasteiger partial charge in [0.05, 0.1) is 5.56 Å². The third-order valence-electron chi connectivity index (χ3n) is 2.70. The van der Waals surface area contributed by atoms with E-state index in [1.807, 2.05) is 0 Å². The van der Waals surface area contributed by atoms with E-state index in [0.29, 0.717) is 4.47 Å². The molecule has 2 rings (SSSR count). The van der Waals surface area contributed by atoms with E-state index in [0.717, 1.165) is 0 Å². The Balaban J connectivity index is 2.16. The van der Waals surface area contributed by atoms with Gasteiger partial charge in [0.2, 0.25) is 0 Å². The van der Waals surface area contributed by atoms with Crippen LogP contribution in [0.4, 0.5) is 4.39 Å². The maximum Gasteiger partial charge on any atom is 0.338 e. The first-order chi connectivity index (χ1) is 9.99. The molecule has 0 aliphatic rings. The van der Waals surface area contributed by atoms with Crippen LogP contribution in [0.2, 0.25) is 0 Å². The summed E-state index contributed by atoms with van der Waals surface area (Å²) < 4.78 is 14.2. The topological polar surface area (TPSA) is 79.3 Å². The molecule has 1 amide bonds. The van der Waals surface area contributed by atoms with Crippen molar-refractivity contribution in [3.05, 3.63) is 63.6 Å². The molecule has 1 aromatic heterocycles. The van der Waals surface area contributed by atoms with E-state index >= 15 is 0 Å². The minimum atomic E-state index is -1.25. The van der Waals surface area contributed by atoms with Crippen LogP contribution < -0.4 is 5.32 Å². The van der Waals surface area contributed by atoms with Crippen LogP contribution in [0.5, 0.6) is 0 Å². The lowest BCUT2D eigenvalue weighted by Gasteiger charge is -2.08. The van der Waals surface area contributed by atoms with Gasteiger partial charge in [-0.15, -0.1) is 0 Å². The van der Waals surface area contributed by atoms with Gasteiger partial charge in [-0.2, -0.15) is 0 Å². The lowest BCUT2D eigenvalue weighted by molar-refractivity contribution is 0.0690. The molecule has 0 saturated carbocycles. The summed E-state index contributed by atoms with van der Waals surface area (Å²) in [5.74, 6) is -2.38. The van der Waals surface area contributed by atoms with Gasteiger partial charge >= 0.3 is 5.97 Å². The molecule has 1 heterocycles. The third kappa shape index (κ3) is 3.63. The highest BCUT2D eigenvalue weighted by atomic mass is 79.9. The van der Waals surface area contributed by atoms with Crippen LogP contribution in [0.15, 0.2) is 41.0 Å². The van der Waals surface area contributed by atoms with Gasteiger partial charge < -0.3 is 10.4 Å². The van der Waals surface area contributed by atoms with Gasteiger partial charge in [0.1, 0.15) is 11.5 Å². The number of halogens is 2. The van der Waals surface area contributed by atoms with Crippen LogP contribution in [0.1, 0.15) is 26.4 Å². The number of pyridine rings is 1. The molecule has 0 atom stereocenters. The molecule has 0 bridgehead atoms. The van der Waals surface area contributed by atoms with Crippen LogP contribution in [0.25, 0.3) is 0 Å². The van der Waals surface area contributed by atoms with Gasteiger partial charge in [0.25, 0.3) is 5.91 Å². The Bertz CT molecular complexity index is 706. The molecule has 0 radical (unpaired) electrons. The Morgan fingerprint density at radius 2 is 2.10 bits per heavy atom. The van der Waals surface area contributed by atoms with E-state index in [1.165, 1.54) is 30.5 Å². The number of nitrogens with zero attached hydrogens (tertiary/aromatic N) is 1. The van der Waals surface area contributed by atoms with E-state index < -0.39 is 17.7 Å². The first-order valence-corrected chi connectivity index (χ1v) is 6.69. The summed E-state index contributed by atoms with van der Waals surface area (Å²) in [5.41, 5.74) is -0.129. The smallest absolute Gasteiger partial charge is 0.338 e. The lowest BCUT2D eigenvalue weighted by atomic mass is 10.1. The van der Waals surface area contributed by atoms with Crippen LogP contribution in [0, 0.1) is 5.82 Å². The molecule has 0 saturated heterocycles. The number of aromatic nitrogens is 1. The molecule has 108 valence electrons. The quantitative estimate of drug-likeness (QED) is 0.886. The molecule has 2 N–H and O–H groups in total. The number of amides is 1. The average molecular weight is 353 g/mol. The van der Waals surface area contributed by atoms with Gasteiger partial charge in [-0.05, 0) is 30.3 Å². The zero-order chi connectivity index (χ0) is 15.4. The Morgan fingerprint density at radius 3 is 2.81 bits per heavy atom. The summed E-state index contributed by atoms with van der Waals surface area (Å²) in [6.07, 6.45) is 1.32. The van der Waals surface area contributed by atoms with Gasteiger partial charge in [-0.3, -0.25) is 9.78 Å². The summed E-state index contributed by atoms with van der Waals surface area (Å²) in [6.45, 7) is -0.0697. The maximum absolute atomic E-state index is 13.5. The minimum absolute atomic E-state index is 0.0697. The van der Waals surface area contributed by atoms with Crippen molar-refractivity contribution in [3.63, 3.8) is 0 Å². The second-order valence-electron chi connectivity index (χ2n) is 4.12. The summed E-state index contributed by atoms with van der Waals surface area (Å²) in [5, 5.41) is 11.4. The highest BCUT2D eigenvalue weighted by Gasteiger charge is 2.17. The highest BCUT2D eigenvalue weighted by Crippen LogP contribution is 2.15. The molecule has 0 aliphatic carbocycles. The van der Waals surface area contributed by atoms with Gasteiger partial charge in [0.15, 0.2) is 0 Å². The number of carboxylic acid groups (broad SMARTS) is 1. The molecule has 5 nitrogen and oxygen atoms in total. The largest absolute Gasteiger partial charge is 0.478 e. The monoisotopic (exact) mass is 352 g/mol. The predicted octanol–water partition coefficient (Wildman–Crippen LogP) is 2.61. The third-order valence-corrected chi connectivity index (χ3v) is 3.19. The second kappa shape index (κ2) is 6.45. The van der Waals surface area contributed by atoms with Crippen LogP contribution in [0.3, 0.4) is 0 Å². The zero-order valence-corrected chi connectivity index (χ0v) is 12.2. The number of rotatable bonds is 4. The number of carbonyl (C=O) groups excluding carboxylic acids is 1. The Hall–Kier alpha value is -2.28. The summed E-state index contributed by atoms with van der Waals surface area (Å²) in [7, 11) is 0. The Kier molecular flexibility index (Phi) is 4.64. The number of nitrogens with one attached hydrogen (secondary N) is 1. The molecule has 21 heavy (non-hydrogen) atoms. The molecule has 0 aliphatic heterocycles. The average Bonchev–Trinajstić information content (AvgIpc) is 2.47. The summed E-state index contributed by atoms with van der Waals surface area (Å²) in [4.78, 5) is 26.7. The first-order valence-electron chi connectivity index (χ1n) is 5.89. The molecule has 0 fully saturated rings. The molecule has 1 aromatic carbocycles. The first kappa shape index (κ1) is 15.1. The van der Waals surface area contributed by atoms with Gasteiger partial charge in [0, 0.05) is 22.8 Å². The van der Waals surface area contributed by atoms with E-state index in [9.17, 15) is 14.0 Å². The standard InChI is InChI=1S/C14H10BrFN2O3/c15-9-3-4-11(16)8(6-9)7-18-13(19)12-10(14(20)21)2-1-5-17-12/h1-6H,7H2,(H,18,19)(H,20,21). The molecule has 0 unspecified atom stereocenters. The van der Waals surface area contributed by atoms with Crippen molar-refractivity contribution < 1.29 is 19.1 Å². The Morgan fingerprint density at radius 1 is 1.33 bits per heavy atom. The molecule has 2 aromatic rings. The number of aromatic carboxylic acids is 1. The second-order valence-corrected chi connectivity index (χ2v) is 5.04. The van der Waals surface area contributed by atoms with E-state index in [1.54, 1.807) is 6.07 Å². The van der Waals surface area contributed by atoms with Crippen molar-refractivity contribution in [1.82, 2.24) is 10.3 Å². The zero-order valence-electron chi connectivity index (χ0n) is 10.6. The van der Waals surface area contributed by atoms with Crippen molar-refractivity contribution in [1.29, 1.82) is 0 Å². The van der Waals surface area contributed by atoms with Gasteiger partial charge in [-0.1, -0.05) is 15.9 Å². The van der Waals surface area contributed by atoms with Crippen molar-refractivity contribution >= 4 is 27.8 Å². The van der Waals surface area contributed by atoms with Crippen LogP contribution >= 0.6 is 15.9 Å². The number of hydrogen-bond acceptors (Lipinski definition) is 3. The molecule has 7 heteroatoms. The summed E-state index contributed by atoms with van der Waals surface area (Å²) in [6, 6.07) is 7.06. The minimum Gasteiger partial charge on any atom is -0.478 e. The fraction of sp³-hybridized carbons (Fsp3) is 0.0714. The number of benzene rings is 1. The molecule has 0 spiro atoms. The molecular weight excluding hydrogens is 343 g/mol. The van der Waals surface area contributed by atoms with Crippen molar-refractivity contribution in [2.45, 2.75) is 6.54 Å². The fourth-order valence-electron chi connectivity index (χ4n) is 1.70. The number of carbonyl (C=O) groups is 2. The van der Waals surface area contributed by atoms with E-state index in [2.05, 4.69) is 26.2 Å². The van der Waals surface area contributed by atoms with E-state index in [-0.39, 0.29) is 23.4 Å². The maximum atomic E-state index is 13.5. The number of hydrogen-bond donors (Lipinski definition) is 2. The fourth-order valence-corrected chi connectivity index (χ4v) is 2.11. The lowest BCUT2D eigenvalue weighted by Crippen LogP contribution is -2.26. The van der Waals surface area contributed by atoms with Crippen molar-refractivity contribution in [3.8, 4) is 0 Å². The van der Waals surface area contributed by atoms with Crippen molar-refractivity contribution in [2.24, 2.45) is 0 Å². The highest BCUT2D eigenvalue weighted by molar-refractivity contribution is 9.10. The number of carboxylic acids is 1. The van der Waals surface area contributed by atoms with Crippen LogP contribution in [-0.2, 0) is 6.54 Å². The SMILES string of the molecule is O=C(O)c1cccnc1C(=O)NCc1cc(Br)ccc1F. The molecular formula is C14H10BrFN2O3. The normalized spacial score (nSPS) is 10.2.